The molecule has 1 N–H and O–H groups in total. The van der Waals surface area contributed by atoms with Gasteiger partial charge in [0.15, 0.2) is 17.6 Å². The van der Waals surface area contributed by atoms with Gasteiger partial charge >= 0.3 is 0 Å². The number of methoxy groups -OCH3 is 1. The second-order valence-corrected chi connectivity index (χ2v) is 6.20. The molecule has 5 nitrogen and oxygen atoms in total. The predicted octanol–water partition coefficient (Wildman–Crippen LogP) is 3.74. The van der Waals surface area contributed by atoms with Crippen LogP contribution in [-0.2, 0) is 4.79 Å². The molecule has 0 radical (unpaired) electrons. The summed E-state index contributed by atoms with van der Waals surface area (Å²) in [6, 6.07) is 15.0. The first kappa shape index (κ1) is 19.6. The summed E-state index contributed by atoms with van der Waals surface area (Å²) in [7, 11) is 1.58. The van der Waals surface area contributed by atoms with E-state index in [1.165, 1.54) is 5.56 Å². The van der Waals surface area contributed by atoms with Gasteiger partial charge in [0, 0.05) is 0 Å². The van der Waals surface area contributed by atoms with Gasteiger partial charge in [0.25, 0.3) is 5.91 Å². The first-order valence-corrected chi connectivity index (χ1v) is 8.83. The van der Waals surface area contributed by atoms with Gasteiger partial charge < -0.3 is 19.5 Å². The van der Waals surface area contributed by atoms with E-state index in [9.17, 15) is 4.79 Å². The Morgan fingerprint density at radius 3 is 2.35 bits per heavy atom. The van der Waals surface area contributed by atoms with Crippen LogP contribution >= 0.6 is 0 Å². The number of carbonyl (C=O) groups excluding carboxylic acids is 1. The number of benzene rings is 2. The summed E-state index contributed by atoms with van der Waals surface area (Å²) in [6.07, 6.45) is -0.0387. The molecule has 0 unspecified atom stereocenters. The van der Waals surface area contributed by atoms with Crippen molar-refractivity contribution in [3.63, 3.8) is 0 Å². The van der Waals surface area contributed by atoms with Crippen LogP contribution in [0.25, 0.3) is 0 Å². The number of hydrogen-bond donors (Lipinski definition) is 1. The van der Waals surface area contributed by atoms with Crippen LogP contribution in [-0.4, -0.2) is 31.8 Å². The van der Waals surface area contributed by atoms with Crippen LogP contribution < -0.4 is 19.5 Å². The molecule has 0 aliphatic carbocycles. The largest absolute Gasteiger partial charge is 0.493 e. The molecule has 0 aliphatic rings. The molecular weight excluding hydrogens is 330 g/mol. The summed E-state index contributed by atoms with van der Waals surface area (Å²) >= 11 is 0. The van der Waals surface area contributed by atoms with E-state index < -0.39 is 6.10 Å². The summed E-state index contributed by atoms with van der Waals surface area (Å²) in [5.74, 6) is 1.78. The highest BCUT2D eigenvalue weighted by molar-refractivity contribution is 5.81. The van der Waals surface area contributed by atoms with E-state index in [1.807, 2.05) is 57.2 Å². The van der Waals surface area contributed by atoms with Gasteiger partial charge in [-0.3, -0.25) is 4.79 Å². The van der Waals surface area contributed by atoms with Gasteiger partial charge in [0.1, 0.15) is 12.4 Å². The molecule has 2 rings (SSSR count). The van der Waals surface area contributed by atoms with E-state index in [0.29, 0.717) is 24.5 Å². The fraction of sp³-hybridized carbons (Fsp3) is 0.381. The topological polar surface area (TPSA) is 56.8 Å². The fourth-order valence-corrected chi connectivity index (χ4v) is 2.42. The summed E-state index contributed by atoms with van der Waals surface area (Å²) in [5, 5.41) is 2.94. The first-order chi connectivity index (χ1) is 12.5. The molecule has 140 valence electrons. The van der Waals surface area contributed by atoms with Crippen LogP contribution in [0, 0.1) is 6.92 Å². The Morgan fingerprint density at radius 2 is 1.73 bits per heavy atom. The third-order valence-corrected chi connectivity index (χ3v) is 3.91. The zero-order valence-electron chi connectivity index (χ0n) is 15.8. The number of aryl methyl sites for hydroxylation is 1. The van der Waals surface area contributed by atoms with Gasteiger partial charge in [-0.2, -0.15) is 0 Å². The van der Waals surface area contributed by atoms with Crippen molar-refractivity contribution in [3.8, 4) is 17.2 Å². The highest BCUT2D eigenvalue weighted by Gasteiger charge is 2.21. The Labute approximate surface area is 155 Å². The van der Waals surface area contributed by atoms with Crippen molar-refractivity contribution in [1.29, 1.82) is 0 Å². The molecule has 0 saturated heterocycles. The lowest BCUT2D eigenvalue weighted by Gasteiger charge is -2.21. The maximum absolute atomic E-state index is 12.5. The van der Waals surface area contributed by atoms with Gasteiger partial charge in [0.2, 0.25) is 0 Å². The Bertz CT molecular complexity index is 699. The quantitative estimate of drug-likeness (QED) is 0.743. The zero-order valence-corrected chi connectivity index (χ0v) is 15.8. The summed E-state index contributed by atoms with van der Waals surface area (Å²) in [5.41, 5.74) is 1.18. The highest BCUT2D eigenvalue weighted by Crippen LogP contribution is 2.27. The van der Waals surface area contributed by atoms with Gasteiger partial charge in [-0.1, -0.05) is 36.8 Å². The standard InChI is InChI=1S/C21H27NO4/c1-5-18(26-20-9-7-6-8-19(20)24-4)21(23)22-16(3)14-25-17-12-10-15(2)11-13-17/h6-13,16,18H,5,14H2,1-4H3,(H,22,23)/t16-,18-/m1/s1. The van der Waals surface area contributed by atoms with Crippen LogP contribution in [0.5, 0.6) is 17.2 Å². The van der Waals surface area contributed by atoms with Gasteiger partial charge in [-0.15, -0.1) is 0 Å². The average Bonchev–Trinajstić information content (AvgIpc) is 2.65. The number of rotatable bonds is 9. The minimum atomic E-state index is -0.590. The van der Waals surface area contributed by atoms with Crippen molar-refractivity contribution in [3.05, 3.63) is 54.1 Å². The molecule has 2 aromatic carbocycles. The molecule has 26 heavy (non-hydrogen) atoms. The Balaban J connectivity index is 1.88. The van der Waals surface area contributed by atoms with Crippen molar-refractivity contribution in [1.82, 2.24) is 5.32 Å². The summed E-state index contributed by atoms with van der Waals surface area (Å²) < 4.78 is 16.8. The molecule has 0 saturated carbocycles. The minimum absolute atomic E-state index is 0.140. The fourth-order valence-electron chi connectivity index (χ4n) is 2.42. The molecule has 0 fully saturated rings. The number of nitrogens with one attached hydrogen (secondary N) is 1. The molecule has 0 aliphatic heterocycles. The van der Waals surface area contributed by atoms with Crippen molar-refractivity contribution < 1.29 is 19.0 Å². The SMILES string of the molecule is CC[C@@H](Oc1ccccc1OC)C(=O)N[C@H](C)COc1ccc(C)cc1. The van der Waals surface area contributed by atoms with Crippen molar-refractivity contribution in [2.24, 2.45) is 0 Å². The first-order valence-electron chi connectivity index (χ1n) is 8.83. The molecule has 2 atom stereocenters. The van der Waals surface area contributed by atoms with Gasteiger partial charge in [0.05, 0.1) is 13.2 Å². The second kappa shape index (κ2) is 9.70. The maximum Gasteiger partial charge on any atom is 0.261 e. The van der Waals surface area contributed by atoms with Crippen LogP contribution in [0.1, 0.15) is 25.8 Å². The minimum Gasteiger partial charge on any atom is -0.493 e. The van der Waals surface area contributed by atoms with Crippen molar-refractivity contribution in [2.45, 2.75) is 39.3 Å². The molecule has 0 heterocycles. The Kier molecular flexibility index (Phi) is 7.33. The number of amides is 1. The molecule has 1 amide bonds. The van der Waals surface area contributed by atoms with Crippen molar-refractivity contribution >= 4 is 5.91 Å². The summed E-state index contributed by atoms with van der Waals surface area (Å²) in [6.45, 7) is 6.23. The Hall–Kier alpha value is -2.69. The molecule has 2 aromatic rings. The van der Waals surface area contributed by atoms with Crippen molar-refractivity contribution in [2.75, 3.05) is 13.7 Å². The second-order valence-electron chi connectivity index (χ2n) is 6.20. The third-order valence-electron chi connectivity index (χ3n) is 3.91. The van der Waals surface area contributed by atoms with E-state index in [1.54, 1.807) is 19.2 Å². The molecule has 0 bridgehead atoms. The number of carbonyl (C=O) groups is 1. The molecule has 0 spiro atoms. The Morgan fingerprint density at radius 1 is 1.08 bits per heavy atom. The molecular formula is C21H27NO4. The smallest absolute Gasteiger partial charge is 0.261 e. The van der Waals surface area contributed by atoms with E-state index in [2.05, 4.69) is 5.32 Å². The van der Waals surface area contributed by atoms with Gasteiger partial charge in [-0.05, 0) is 44.5 Å². The number of para-hydroxylation sites is 2. The predicted molar refractivity (Wildman–Crippen MR) is 102 cm³/mol. The maximum atomic E-state index is 12.5. The van der Waals surface area contributed by atoms with Crippen LogP contribution in [0.15, 0.2) is 48.5 Å². The van der Waals surface area contributed by atoms with E-state index in [-0.39, 0.29) is 11.9 Å². The zero-order chi connectivity index (χ0) is 18.9. The highest BCUT2D eigenvalue weighted by atomic mass is 16.5. The molecule has 0 aromatic heterocycles. The molecule has 5 heteroatoms. The van der Waals surface area contributed by atoms with Gasteiger partial charge in [-0.25, -0.2) is 0 Å². The monoisotopic (exact) mass is 357 g/mol. The van der Waals surface area contributed by atoms with Crippen LogP contribution in [0.3, 0.4) is 0 Å². The lowest BCUT2D eigenvalue weighted by molar-refractivity contribution is -0.129. The average molecular weight is 357 g/mol. The van der Waals surface area contributed by atoms with E-state index >= 15 is 0 Å². The van der Waals surface area contributed by atoms with E-state index in [0.717, 1.165) is 5.75 Å². The lowest BCUT2D eigenvalue weighted by atomic mass is 10.2. The van der Waals surface area contributed by atoms with E-state index in [4.69, 9.17) is 14.2 Å². The van der Waals surface area contributed by atoms with Crippen LogP contribution in [0.2, 0.25) is 0 Å². The lowest BCUT2D eigenvalue weighted by Crippen LogP contribution is -2.44. The van der Waals surface area contributed by atoms with Crippen LogP contribution in [0.4, 0.5) is 0 Å². The number of ether oxygens (including phenoxy) is 3. The third kappa shape index (κ3) is 5.69. The number of hydrogen-bond acceptors (Lipinski definition) is 4. The summed E-state index contributed by atoms with van der Waals surface area (Å²) in [4.78, 5) is 12.5. The normalized spacial score (nSPS) is 12.8.